The van der Waals surface area contributed by atoms with Crippen LogP contribution in [0.25, 0.3) is 0 Å². The van der Waals surface area contributed by atoms with Crippen LogP contribution in [-0.2, 0) is 13.0 Å². The van der Waals surface area contributed by atoms with Gasteiger partial charge in [0.1, 0.15) is 5.75 Å². The highest BCUT2D eigenvalue weighted by Crippen LogP contribution is 2.16. The summed E-state index contributed by atoms with van der Waals surface area (Å²) in [7, 11) is 0. The van der Waals surface area contributed by atoms with Gasteiger partial charge in [0, 0.05) is 12.1 Å². The Hall–Kier alpha value is -2.33. The Balaban J connectivity index is 1.95. The molecule has 0 aliphatic carbocycles. The summed E-state index contributed by atoms with van der Waals surface area (Å²) in [5.74, 6) is 0.0474. The molecule has 0 aliphatic rings. The Morgan fingerprint density at radius 3 is 2.43 bits per heavy atom. The number of nitrogens with two attached hydrogens (primary N) is 1. The molecule has 2 aromatic carbocycles. The van der Waals surface area contributed by atoms with Crippen molar-refractivity contribution in [3.63, 3.8) is 0 Å². The van der Waals surface area contributed by atoms with Crippen molar-refractivity contribution in [1.82, 2.24) is 5.32 Å². The van der Waals surface area contributed by atoms with Gasteiger partial charge in [0.2, 0.25) is 0 Å². The zero-order valence-corrected chi connectivity index (χ0v) is 12.1. The van der Waals surface area contributed by atoms with Crippen molar-refractivity contribution >= 4 is 5.91 Å². The fourth-order valence-electron chi connectivity index (χ4n) is 2.07. The summed E-state index contributed by atoms with van der Waals surface area (Å²) in [6.07, 6.45) is 0.861. The van der Waals surface area contributed by atoms with Gasteiger partial charge in [-0.15, -0.1) is 0 Å². The van der Waals surface area contributed by atoms with Gasteiger partial charge >= 0.3 is 0 Å². The van der Waals surface area contributed by atoms with Gasteiger partial charge in [0.15, 0.2) is 0 Å². The molecule has 0 heterocycles. The molecule has 2 rings (SSSR count). The van der Waals surface area contributed by atoms with Crippen LogP contribution in [-0.4, -0.2) is 17.6 Å². The quantitative estimate of drug-likeness (QED) is 0.787. The number of carbonyl (C=O) groups is 1. The number of carbonyl (C=O) groups excluding carboxylic acids is 1. The highest BCUT2D eigenvalue weighted by atomic mass is 16.3. The maximum atomic E-state index is 12.0. The average Bonchev–Trinajstić information content (AvgIpc) is 2.49. The van der Waals surface area contributed by atoms with Crippen molar-refractivity contribution in [3.8, 4) is 5.75 Å². The first-order chi connectivity index (χ1) is 10.1. The summed E-state index contributed by atoms with van der Waals surface area (Å²) in [5, 5.41) is 12.3. The van der Waals surface area contributed by atoms with Crippen molar-refractivity contribution in [2.45, 2.75) is 19.9 Å². The minimum absolute atomic E-state index is 0.149. The fraction of sp³-hybridized carbons (Fsp3) is 0.235. The lowest BCUT2D eigenvalue weighted by Gasteiger charge is -2.07. The number of hydrogen-bond acceptors (Lipinski definition) is 3. The lowest BCUT2D eigenvalue weighted by molar-refractivity contribution is 0.0951. The number of phenols is 1. The second kappa shape index (κ2) is 6.90. The van der Waals surface area contributed by atoms with Crippen LogP contribution in [0.5, 0.6) is 5.75 Å². The number of hydrogen-bond donors (Lipinski definition) is 3. The number of aromatic hydroxyl groups is 1. The van der Waals surface area contributed by atoms with Crippen LogP contribution in [0.2, 0.25) is 0 Å². The third kappa shape index (κ3) is 4.07. The van der Waals surface area contributed by atoms with Crippen LogP contribution >= 0.6 is 0 Å². The summed E-state index contributed by atoms with van der Waals surface area (Å²) in [6.45, 7) is 2.88. The number of nitrogens with one attached hydrogen (secondary N) is 1. The molecule has 4 heteroatoms. The molecule has 1 amide bonds. The van der Waals surface area contributed by atoms with E-state index in [2.05, 4.69) is 5.32 Å². The molecular formula is C17H20N2O2. The van der Waals surface area contributed by atoms with Crippen LogP contribution in [0.3, 0.4) is 0 Å². The van der Waals surface area contributed by atoms with E-state index in [1.165, 1.54) is 11.6 Å². The molecule has 0 fully saturated rings. The third-order valence-corrected chi connectivity index (χ3v) is 3.37. The van der Waals surface area contributed by atoms with Crippen molar-refractivity contribution in [1.29, 1.82) is 0 Å². The van der Waals surface area contributed by atoms with Gasteiger partial charge in [-0.25, -0.2) is 0 Å². The Kier molecular flexibility index (Phi) is 4.95. The number of aryl methyl sites for hydroxylation is 1. The normalized spacial score (nSPS) is 10.4. The van der Waals surface area contributed by atoms with E-state index in [1.54, 1.807) is 19.1 Å². The molecule has 0 bridgehead atoms. The van der Waals surface area contributed by atoms with E-state index in [0.717, 1.165) is 12.0 Å². The van der Waals surface area contributed by atoms with E-state index < -0.39 is 0 Å². The molecule has 110 valence electrons. The summed E-state index contributed by atoms with van der Waals surface area (Å²) >= 11 is 0. The zero-order chi connectivity index (χ0) is 15.2. The molecule has 4 N–H and O–H groups in total. The number of phenolic OH excluding ortho intramolecular Hbond substituents is 1. The summed E-state index contributed by atoms with van der Waals surface area (Å²) in [6, 6.07) is 12.9. The Bertz CT molecular complexity index is 621. The Labute approximate surface area is 124 Å². The van der Waals surface area contributed by atoms with E-state index in [1.807, 2.05) is 24.3 Å². The van der Waals surface area contributed by atoms with Gasteiger partial charge in [0.05, 0.1) is 0 Å². The molecule has 0 unspecified atom stereocenters. The van der Waals surface area contributed by atoms with E-state index in [-0.39, 0.29) is 11.7 Å². The molecule has 0 atom stereocenters. The molecule has 2 aromatic rings. The summed E-state index contributed by atoms with van der Waals surface area (Å²) in [4.78, 5) is 12.0. The van der Waals surface area contributed by atoms with Gasteiger partial charge in [-0.05, 0) is 54.8 Å². The van der Waals surface area contributed by atoms with E-state index in [4.69, 9.17) is 5.73 Å². The van der Waals surface area contributed by atoms with E-state index >= 15 is 0 Å². The number of benzene rings is 2. The Morgan fingerprint density at radius 1 is 1.14 bits per heavy atom. The lowest BCUT2D eigenvalue weighted by atomic mass is 10.1. The first kappa shape index (κ1) is 15.1. The predicted octanol–water partition coefficient (Wildman–Crippen LogP) is 2.13. The van der Waals surface area contributed by atoms with E-state index in [9.17, 15) is 9.90 Å². The molecule has 0 aromatic heterocycles. The van der Waals surface area contributed by atoms with Crippen LogP contribution in [0.4, 0.5) is 0 Å². The molecular weight excluding hydrogens is 264 g/mol. The minimum Gasteiger partial charge on any atom is -0.508 e. The molecule has 21 heavy (non-hydrogen) atoms. The largest absolute Gasteiger partial charge is 0.508 e. The molecule has 0 spiro atoms. The van der Waals surface area contributed by atoms with Crippen molar-refractivity contribution < 1.29 is 9.90 Å². The van der Waals surface area contributed by atoms with Crippen LogP contribution in [0, 0.1) is 6.92 Å². The second-order valence-electron chi connectivity index (χ2n) is 5.04. The fourth-order valence-corrected chi connectivity index (χ4v) is 2.07. The summed E-state index contributed by atoms with van der Waals surface area (Å²) in [5.41, 5.74) is 8.98. The molecule has 0 radical (unpaired) electrons. The van der Waals surface area contributed by atoms with Gasteiger partial charge < -0.3 is 16.2 Å². The van der Waals surface area contributed by atoms with Gasteiger partial charge in [-0.3, -0.25) is 4.79 Å². The average molecular weight is 284 g/mol. The minimum atomic E-state index is -0.149. The van der Waals surface area contributed by atoms with Crippen LogP contribution in [0.15, 0.2) is 42.5 Å². The van der Waals surface area contributed by atoms with Gasteiger partial charge in [-0.2, -0.15) is 0 Å². The molecule has 0 saturated carbocycles. The second-order valence-corrected chi connectivity index (χ2v) is 5.04. The monoisotopic (exact) mass is 284 g/mol. The van der Waals surface area contributed by atoms with Crippen LogP contribution < -0.4 is 11.1 Å². The predicted molar refractivity (Wildman–Crippen MR) is 83.2 cm³/mol. The van der Waals surface area contributed by atoms with Crippen molar-refractivity contribution in [3.05, 3.63) is 64.7 Å². The zero-order valence-electron chi connectivity index (χ0n) is 12.1. The van der Waals surface area contributed by atoms with E-state index in [0.29, 0.717) is 24.2 Å². The number of rotatable bonds is 5. The molecule has 0 aliphatic heterocycles. The molecule has 0 saturated heterocycles. The number of amides is 1. The lowest BCUT2D eigenvalue weighted by Crippen LogP contribution is -2.22. The van der Waals surface area contributed by atoms with Crippen molar-refractivity contribution in [2.75, 3.05) is 6.54 Å². The maximum absolute atomic E-state index is 12.0. The Morgan fingerprint density at radius 2 is 1.81 bits per heavy atom. The van der Waals surface area contributed by atoms with Gasteiger partial charge in [-0.1, -0.05) is 24.3 Å². The van der Waals surface area contributed by atoms with Gasteiger partial charge in [0.25, 0.3) is 5.91 Å². The highest BCUT2D eigenvalue weighted by Gasteiger charge is 2.07. The topological polar surface area (TPSA) is 75.4 Å². The first-order valence-corrected chi connectivity index (χ1v) is 6.96. The summed E-state index contributed by atoms with van der Waals surface area (Å²) < 4.78 is 0. The molecule has 4 nitrogen and oxygen atoms in total. The van der Waals surface area contributed by atoms with Crippen LogP contribution in [0.1, 0.15) is 27.0 Å². The SMILES string of the molecule is Cc1cc(C(=O)NCc2ccc(CCN)cc2)ccc1O. The third-order valence-electron chi connectivity index (χ3n) is 3.37. The standard InChI is InChI=1S/C17H20N2O2/c1-12-10-15(6-7-16(12)20)17(21)19-11-14-4-2-13(3-5-14)8-9-18/h2-7,10,20H,8-9,11,18H2,1H3,(H,19,21). The van der Waals surface area contributed by atoms with Crippen molar-refractivity contribution in [2.24, 2.45) is 5.73 Å². The maximum Gasteiger partial charge on any atom is 0.251 e. The highest BCUT2D eigenvalue weighted by molar-refractivity contribution is 5.94. The first-order valence-electron chi connectivity index (χ1n) is 6.96. The smallest absolute Gasteiger partial charge is 0.251 e.